The number of amides is 1. The fourth-order valence-corrected chi connectivity index (χ4v) is 2.91. The van der Waals surface area contributed by atoms with E-state index in [0.29, 0.717) is 18.5 Å². The van der Waals surface area contributed by atoms with Crippen molar-refractivity contribution in [3.63, 3.8) is 0 Å². The zero-order chi connectivity index (χ0) is 16.4. The Morgan fingerprint density at radius 3 is 2.57 bits per heavy atom. The molecule has 0 bridgehead atoms. The summed E-state index contributed by atoms with van der Waals surface area (Å²) in [5.41, 5.74) is 0.749. The van der Waals surface area contributed by atoms with Crippen molar-refractivity contribution >= 4 is 11.9 Å². The van der Waals surface area contributed by atoms with E-state index in [9.17, 15) is 19.1 Å². The molecule has 0 spiro atoms. The Hall–Kier alpha value is -2.83. The molecule has 23 heavy (non-hydrogen) atoms. The highest BCUT2D eigenvalue weighted by atomic mass is 19.1. The number of carboxylic acid groups (broad SMARTS) is 1. The molecule has 2 heterocycles. The molecule has 6 nitrogen and oxygen atoms in total. The molecule has 1 amide bonds. The number of benzene rings is 1. The Labute approximate surface area is 131 Å². The second-order valence-corrected chi connectivity index (χ2v) is 5.32. The zero-order valence-electron chi connectivity index (χ0n) is 12.1. The summed E-state index contributed by atoms with van der Waals surface area (Å²) in [5.74, 6) is -2.50. The van der Waals surface area contributed by atoms with Gasteiger partial charge in [-0.1, -0.05) is 12.1 Å². The van der Waals surface area contributed by atoms with Crippen LogP contribution < -0.4 is 0 Å². The average molecular weight is 315 g/mol. The van der Waals surface area contributed by atoms with E-state index >= 15 is 0 Å². The Bertz CT molecular complexity index is 721. The molecule has 2 aromatic rings. The monoisotopic (exact) mass is 315 g/mol. The van der Waals surface area contributed by atoms with Crippen molar-refractivity contribution in [3.8, 4) is 0 Å². The zero-order valence-corrected chi connectivity index (χ0v) is 12.1. The maximum atomic E-state index is 13.1. The van der Waals surface area contributed by atoms with Gasteiger partial charge < -0.3 is 10.0 Å². The molecule has 2 atom stereocenters. The lowest BCUT2D eigenvalue weighted by molar-refractivity contribution is -0.142. The number of rotatable bonds is 3. The summed E-state index contributed by atoms with van der Waals surface area (Å²) in [5, 5.41) is 9.43. The number of carbonyl (C=O) groups is 2. The average Bonchev–Trinajstić information content (AvgIpc) is 3.01. The number of carboxylic acids is 1. The van der Waals surface area contributed by atoms with Crippen LogP contribution in [0, 0.1) is 11.7 Å². The van der Waals surface area contributed by atoms with Crippen LogP contribution in [0.15, 0.2) is 42.9 Å². The van der Waals surface area contributed by atoms with Gasteiger partial charge in [0.1, 0.15) is 11.5 Å². The van der Waals surface area contributed by atoms with Crippen molar-refractivity contribution in [2.24, 2.45) is 5.92 Å². The summed E-state index contributed by atoms with van der Waals surface area (Å²) in [7, 11) is 0. The minimum Gasteiger partial charge on any atom is -0.481 e. The van der Waals surface area contributed by atoms with E-state index in [0.717, 1.165) is 0 Å². The van der Waals surface area contributed by atoms with Crippen molar-refractivity contribution < 1.29 is 19.1 Å². The number of hydrogen-bond acceptors (Lipinski definition) is 4. The van der Waals surface area contributed by atoms with Crippen LogP contribution >= 0.6 is 0 Å². The van der Waals surface area contributed by atoms with Crippen LogP contribution in [0.5, 0.6) is 0 Å². The van der Waals surface area contributed by atoms with Crippen LogP contribution in [0.3, 0.4) is 0 Å². The quantitative estimate of drug-likeness (QED) is 0.935. The summed E-state index contributed by atoms with van der Waals surface area (Å²) < 4.78 is 13.1. The van der Waals surface area contributed by atoms with Gasteiger partial charge in [0.2, 0.25) is 0 Å². The van der Waals surface area contributed by atoms with E-state index in [1.54, 1.807) is 0 Å². The Kier molecular flexibility index (Phi) is 4.01. The van der Waals surface area contributed by atoms with Gasteiger partial charge in [-0.05, 0) is 24.1 Å². The largest absolute Gasteiger partial charge is 0.481 e. The highest BCUT2D eigenvalue weighted by molar-refractivity contribution is 5.93. The summed E-state index contributed by atoms with van der Waals surface area (Å²) in [6.07, 6.45) is 4.55. The topological polar surface area (TPSA) is 83.4 Å². The highest BCUT2D eigenvalue weighted by Crippen LogP contribution is 2.38. The van der Waals surface area contributed by atoms with Crippen LogP contribution in [0.2, 0.25) is 0 Å². The van der Waals surface area contributed by atoms with Gasteiger partial charge in [-0.25, -0.2) is 9.37 Å². The number of aromatic nitrogens is 2. The maximum absolute atomic E-state index is 13.1. The van der Waals surface area contributed by atoms with Crippen molar-refractivity contribution in [1.82, 2.24) is 14.9 Å². The number of halogens is 1. The molecule has 1 N–H and O–H groups in total. The van der Waals surface area contributed by atoms with Gasteiger partial charge in [0, 0.05) is 18.9 Å². The minimum absolute atomic E-state index is 0.158. The third-order valence-corrected chi connectivity index (χ3v) is 3.97. The van der Waals surface area contributed by atoms with Gasteiger partial charge in [0.25, 0.3) is 5.91 Å². The van der Waals surface area contributed by atoms with Gasteiger partial charge >= 0.3 is 5.97 Å². The molecule has 7 heteroatoms. The van der Waals surface area contributed by atoms with Crippen molar-refractivity contribution in [3.05, 3.63) is 59.9 Å². The van der Waals surface area contributed by atoms with E-state index in [-0.39, 0.29) is 11.6 Å². The van der Waals surface area contributed by atoms with Crippen LogP contribution in [-0.2, 0) is 4.79 Å². The molecule has 1 aliphatic rings. The van der Waals surface area contributed by atoms with Gasteiger partial charge in [0.05, 0.1) is 18.2 Å². The van der Waals surface area contributed by atoms with Gasteiger partial charge in [-0.3, -0.25) is 14.6 Å². The van der Waals surface area contributed by atoms with E-state index in [2.05, 4.69) is 9.97 Å². The third kappa shape index (κ3) is 2.90. The first-order valence-electron chi connectivity index (χ1n) is 7.13. The van der Waals surface area contributed by atoms with Gasteiger partial charge in [-0.15, -0.1) is 0 Å². The predicted octanol–water partition coefficient (Wildman–Crippen LogP) is 1.90. The van der Waals surface area contributed by atoms with E-state index in [1.165, 1.54) is 47.8 Å². The second-order valence-electron chi connectivity index (χ2n) is 5.32. The minimum atomic E-state index is -0.978. The standard InChI is InChI=1S/C16H14FN3O3/c17-11-3-1-10(2-4-11)14-12(16(22)23)5-8-20(14)15(21)13-9-18-6-7-19-13/h1-4,6-7,9,12,14H,5,8H2,(H,22,23)/t12-,14-/m1/s1. The van der Waals surface area contributed by atoms with Crippen LogP contribution in [0.4, 0.5) is 4.39 Å². The molecule has 0 aliphatic carbocycles. The fourth-order valence-electron chi connectivity index (χ4n) is 2.91. The Morgan fingerprint density at radius 2 is 1.96 bits per heavy atom. The van der Waals surface area contributed by atoms with E-state index in [1.807, 2.05) is 0 Å². The number of likely N-dealkylation sites (tertiary alicyclic amines) is 1. The van der Waals surface area contributed by atoms with Crippen molar-refractivity contribution in [2.45, 2.75) is 12.5 Å². The highest BCUT2D eigenvalue weighted by Gasteiger charge is 2.42. The normalized spacial score (nSPS) is 20.5. The Morgan fingerprint density at radius 1 is 1.22 bits per heavy atom. The molecule has 0 radical (unpaired) electrons. The van der Waals surface area contributed by atoms with Crippen molar-refractivity contribution in [2.75, 3.05) is 6.54 Å². The summed E-state index contributed by atoms with van der Waals surface area (Å²) in [6.45, 7) is 0.300. The maximum Gasteiger partial charge on any atom is 0.309 e. The molecule has 3 rings (SSSR count). The lowest BCUT2D eigenvalue weighted by Crippen LogP contribution is -2.34. The molecule has 1 saturated heterocycles. The van der Waals surface area contributed by atoms with Gasteiger partial charge in [0.15, 0.2) is 0 Å². The molecular formula is C16H14FN3O3. The van der Waals surface area contributed by atoms with Crippen LogP contribution in [-0.4, -0.2) is 38.4 Å². The molecule has 0 saturated carbocycles. The van der Waals surface area contributed by atoms with E-state index < -0.39 is 23.7 Å². The molecule has 1 fully saturated rings. The fraction of sp³-hybridized carbons (Fsp3) is 0.250. The molecular weight excluding hydrogens is 301 g/mol. The van der Waals surface area contributed by atoms with E-state index in [4.69, 9.17) is 0 Å². The number of aliphatic carboxylic acids is 1. The second kappa shape index (κ2) is 6.12. The van der Waals surface area contributed by atoms with Crippen LogP contribution in [0.1, 0.15) is 28.5 Å². The SMILES string of the molecule is O=C(O)[C@@H]1CCN(C(=O)c2cnccn2)[C@@H]1c1ccc(F)cc1. The third-order valence-electron chi connectivity index (χ3n) is 3.97. The number of hydrogen-bond donors (Lipinski definition) is 1. The molecule has 1 aromatic heterocycles. The Balaban J connectivity index is 1.97. The smallest absolute Gasteiger partial charge is 0.309 e. The van der Waals surface area contributed by atoms with Crippen LogP contribution in [0.25, 0.3) is 0 Å². The first-order chi connectivity index (χ1) is 11.1. The summed E-state index contributed by atoms with van der Waals surface area (Å²) in [4.78, 5) is 33.4. The molecule has 118 valence electrons. The number of carbonyl (C=O) groups excluding carboxylic acids is 1. The molecule has 0 unspecified atom stereocenters. The first kappa shape index (κ1) is 15.1. The molecule has 1 aromatic carbocycles. The molecule has 1 aliphatic heterocycles. The first-order valence-corrected chi connectivity index (χ1v) is 7.13. The predicted molar refractivity (Wildman–Crippen MR) is 78.0 cm³/mol. The lowest BCUT2D eigenvalue weighted by Gasteiger charge is -2.27. The van der Waals surface area contributed by atoms with Crippen molar-refractivity contribution in [1.29, 1.82) is 0 Å². The van der Waals surface area contributed by atoms with Gasteiger partial charge in [-0.2, -0.15) is 0 Å². The lowest BCUT2D eigenvalue weighted by atomic mass is 9.93. The summed E-state index contributed by atoms with van der Waals surface area (Å²) >= 11 is 0. The number of nitrogens with zero attached hydrogens (tertiary/aromatic N) is 3. The summed E-state index contributed by atoms with van der Waals surface area (Å²) in [6, 6.07) is 4.90.